The van der Waals surface area contributed by atoms with Crippen LogP contribution in [0, 0.1) is 5.82 Å². The minimum Gasteiger partial charge on any atom is -0.478 e. The molecule has 1 heterocycles. The van der Waals surface area contributed by atoms with E-state index in [1.165, 1.54) is 12.1 Å². The molecule has 2 rings (SSSR count). The van der Waals surface area contributed by atoms with Gasteiger partial charge in [0.2, 0.25) is 0 Å². The van der Waals surface area contributed by atoms with Crippen LogP contribution in [-0.2, 0) is 9.84 Å². The third-order valence-electron chi connectivity index (χ3n) is 3.13. The van der Waals surface area contributed by atoms with Gasteiger partial charge in [0, 0.05) is 6.04 Å². The van der Waals surface area contributed by atoms with Crippen LogP contribution < -0.4 is 5.32 Å². The largest absolute Gasteiger partial charge is 0.478 e. The normalized spacial score (nSPS) is 19.0. The van der Waals surface area contributed by atoms with Crippen LogP contribution in [0.4, 0.5) is 10.1 Å². The monoisotopic (exact) mass is 287 g/mol. The van der Waals surface area contributed by atoms with Crippen LogP contribution in [0.15, 0.2) is 18.2 Å². The fourth-order valence-electron chi connectivity index (χ4n) is 2.02. The zero-order chi connectivity index (χ0) is 14.0. The lowest BCUT2D eigenvalue weighted by Gasteiger charge is -2.24. The van der Waals surface area contributed by atoms with Crippen LogP contribution >= 0.6 is 0 Å². The molecule has 7 heteroatoms. The van der Waals surface area contributed by atoms with Crippen molar-refractivity contribution in [3.63, 3.8) is 0 Å². The smallest absolute Gasteiger partial charge is 0.335 e. The molecule has 1 saturated heterocycles. The molecule has 19 heavy (non-hydrogen) atoms. The quantitative estimate of drug-likeness (QED) is 0.880. The molecule has 104 valence electrons. The lowest BCUT2D eigenvalue weighted by atomic mass is 10.1. The van der Waals surface area contributed by atoms with E-state index < -0.39 is 21.6 Å². The Hall–Kier alpha value is -1.63. The third kappa shape index (κ3) is 3.44. The number of anilines is 1. The zero-order valence-electron chi connectivity index (χ0n) is 10.1. The van der Waals surface area contributed by atoms with E-state index in [-0.39, 0.29) is 28.8 Å². The summed E-state index contributed by atoms with van der Waals surface area (Å²) in [5, 5.41) is 11.7. The average Bonchev–Trinajstić information content (AvgIpc) is 2.34. The van der Waals surface area contributed by atoms with E-state index >= 15 is 0 Å². The maximum absolute atomic E-state index is 13.6. The number of nitrogens with one attached hydrogen (secondary N) is 1. The summed E-state index contributed by atoms with van der Waals surface area (Å²) in [4.78, 5) is 10.8. The van der Waals surface area contributed by atoms with Gasteiger partial charge in [0.15, 0.2) is 0 Å². The SMILES string of the molecule is O=C(O)c1ccc(F)c(NC2CCS(=O)(=O)CC2)c1. The molecule has 2 N–H and O–H groups in total. The van der Waals surface area contributed by atoms with Crippen molar-refractivity contribution < 1.29 is 22.7 Å². The molecular weight excluding hydrogens is 273 g/mol. The Morgan fingerprint density at radius 3 is 2.53 bits per heavy atom. The van der Waals surface area contributed by atoms with E-state index in [2.05, 4.69) is 5.32 Å². The minimum absolute atomic E-state index is 0.00710. The summed E-state index contributed by atoms with van der Waals surface area (Å²) in [6.07, 6.45) is 0.804. The lowest BCUT2D eigenvalue weighted by molar-refractivity contribution is 0.0697. The van der Waals surface area contributed by atoms with Gasteiger partial charge < -0.3 is 10.4 Å². The highest BCUT2D eigenvalue weighted by Crippen LogP contribution is 2.21. The highest BCUT2D eigenvalue weighted by molar-refractivity contribution is 7.91. The first-order valence-corrected chi connectivity index (χ1v) is 7.69. The second kappa shape index (κ2) is 5.16. The Kier molecular flexibility index (Phi) is 3.75. The van der Waals surface area contributed by atoms with E-state index in [1.807, 2.05) is 0 Å². The topological polar surface area (TPSA) is 83.5 Å². The molecule has 0 radical (unpaired) electrons. The minimum atomic E-state index is -2.97. The van der Waals surface area contributed by atoms with E-state index in [9.17, 15) is 17.6 Å². The highest BCUT2D eigenvalue weighted by Gasteiger charge is 2.24. The van der Waals surface area contributed by atoms with Crippen molar-refractivity contribution in [2.24, 2.45) is 0 Å². The van der Waals surface area contributed by atoms with Crippen LogP contribution in [0.1, 0.15) is 23.2 Å². The Balaban J connectivity index is 2.11. The average molecular weight is 287 g/mol. The summed E-state index contributed by atoms with van der Waals surface area (Å²) in [5.74, 6) is -1.52. The van der Waals surface area contributed by atoms with Crippen LogP contribution in [0.5, 0.6) is 0 Å². The fourth-order valence-corrected chi connectivity index (χ4v) is 3.51. The summed E-state index contributed by atoms with van der Waals surface area (Å²) in [5.41, 5.74) is 0.0940. The van der Waals surface area contributed by atoms with Gasteiger partial charge in [-0.3, -0.25) is 0 Å². The Bertz CT molecular complexity index is 586. The van der Waals surface area contributed by atoms with Crippen LogP contribution in [0.25, 0.3) is 0 Å². The lowest BCUT2D eigenvalue weighted by Crippen LogP contribution is -2.32. The number of sulfone groups is 1. The van der Waals surface area contributed by atoms with Gasteiger partial charge in [0.25, 0.3) is 0 Å². The van der Waals surface area contributed by atoms with Crippen LogP contribution in [0.3, 0.4) is 0 Å². The predicted octanol–water partition coefficient (Wildman–Crippen LogP) is 1.51. The molecular formula is C12H14FNO4S. The highest BCUT2D eigenvalue weighted by atomic mass is 32.2. The molecule has 0 saturated carbocycles. The van der Waals surface area contributed by atoms with Crippen LogP contribution in [-0.4, -0.2) is 37.0 Å². The van der Waals surface area contributed by atoms with Crippen molar-refractivity contribution >= 4 is 21.5 Å². The predicted molar refractivity (Wildman–Crippen MR) is 68.7 cm³/mol. The first kappa shape index (κ1) is 13.8. The van der Waals surface area contributed by atoms with Gasteiger partial charge in [-0.15, -0.1) is 0 Å². The standard InChI is InChI=1S/C12H14FNO4S/c13-10-2-1-8(12(15)16)7-11(10)14-9-3-5-19(17,18)6-4-9/h1-2,7,9,14H,3-6H2,(H,15,16). The molecule has 1 aliphatic rings. The first-order valence-electron chi connectivity index (χ1n) is 5.87. The number of aromatic carboxylic acids is 1. The van der Waals surface area contributed by atoms with Gasteiger partial charge in [-0.2, -0.15) is 0 Å². The van der Waals surface area contributed by atoms with Crippen molar-refractivity contribution in [2.45, 2.75) is 18.9 Å². The van der Waals surface area contributed by atoms with Crippen molar-refractivity contribution in [3.05, 3.63) is 29.6 Å². The molecule has 0 aromatic heterocycles. The molecule has 0 bridgehead atoms. The number of carbonyl (C=O) groups is 1. The summed E-state index contributed by atoms with van der Waals surface area (Å²) < 4.78 is 36.1. The van der Waals surface area contributed by atoms with Gasteiger partial charge in [-0.1, -0.05) is 0 Å². The molecule has 0 spiro atoms. The fraction of sp³-hybridized carbons (Fsp3) is 0.417. The molecule has 0 amide bonds. The van der Waals surface area contributed by atoms with Crippen molar-refractivity contribution in [1.29, 1.82) is 0 Å². The van der Waals surface area contributed by atoms with Gasteiger partial charge in [0.1, 0.15) is 15.7 Å². The first-order chi connectivity index (χ1) is 8.87. The summed E-state index contributed by atoms with van der Waals surface area (Å²) in [7, 11) is -2.97. The second-order valence-corrected chi connectivity index (χ2v) is 6.87. The van der Waals surface area contributed by atoms with Gasteiger partial charge in [-0.05, 0) is 31.0 Å². The Morgan fingerprint density at radius 2 is 1.95 bits per heavy atom. The second-order valence-electron chi connectivity index (χ2n) is 4.57. The molecule has 1 fully saturated rings. The summed E-state index contributed by atoms with van der Waals surface area (Å²) in [6.45, 7) is 0. The van der Waals surface area contributed by atoms with E-state index in [0.717, 1.165) is 6.07 Å². The molecule has 1 aromatic carbocycles. The maximum Gasteiger partial charge on any atom is 0.335 e. The van der Waals surface area contributed by atoms with E-state index in [0.29, 0.717) is 12.8 Å². The number of carboxylic acid groups (broad SMARTS) is 1. The van der Waals surface area contributed by atoms with Crippen molar-refractivity contribution in [2.75, 3.05) is 16.8 Å². The van der Waals surface area contributed by atoms with Gasteiger partial charge in [-0.25, -0.2) is 17.6 Å². The zero-order valence-corrected chi connectivity index (χ0v) is 10.9. The summed E-state index contributed by atoms with van der Waals surface area (Å²) in [6, 6.07) is 3.35. The number of benzene rings is 1. The van der Waals surface area contributed by atoms with Crippen LogP contribution in [0.2, 0.25) is 0 Å². The van der Waals surface area contributed by atoms with E-state index in [4.69, 9.17) is 5.11 Å². The molecule has 5 nitrogen and oxygen atoms in total. The number of carboxylic acids is 1. The Labute approximate surface area is 110 Å². The summed E-state index contributed by atoms with van der Waals surface area (Å²) >= 11 is 0. The number of hydrogen-bond acceptors (Lipinski definition) is 4. The molecule has 1 aromatic rings. The molecule has 0 unspecified atom stereocenters. The Morgan fingerprint density at radius 1 is 1.32 bits per heavy atom. The van der Waals surface area contributed by atoms with E-state index in [1.54, 1.807) is 0 Å². The maximum atomic E-state index is 13.6. The van der Waals surface area contributed by atoms with Crippen molar-refractivity contribution in [1.82, 2.24) is 0 Å². The molecule has 0 aliphatic carbocycles. The van der Waals surface area contributed by atoms with Gasteiger partial charge in [0.05, 0.1) is 22.8 Å². The molecule has 0 atom stereocenters. The molecule has 1 aliphatic heterocycles. The third-order valence-corrected chi connectivity index (χ3v) is 4.84. The number of rotatable bonds is 3. The van der Waals surface area contributed by atoms with Crippen molar-refractivity contribution in [3.8, 4) is 0 Å². The van der Waals surface area contributed by atoms with Gasteiger partial charge >= 0.3 is 5.97 Å². The number of halogens is 1. The number of hydrogen-bond donors (Lipinski definition) is 2.